The maximum atomic E-state index is 5.89. The Morgan fingerprint density at radius 1 is 1.46 bits per heavy atom. The molecule has 1 atom stereocenters. The lowest BCUT2D eigenvalue weighted by Crippen LogP contribution is -2.57. The minimum Gasteiger partial charge on any atom is -0.417 e. The first-order valence-corrected chi connectivity index (χ1v) is 7.81. The Hall–Kier alpha value is -0.123. The van der Waals surface area contributed by atoms with Crippen molar-refractivity contribution >= 4 is 8.32 Å². The van der Waals surface area contributed by atoms with E-state index in [0.717, 1.165) is 13.0 Å². The van der Waals surface area contributed by atoms with Gasteiger partial charge in [0.05, 0.1) is 0 Å². The van der Waals surface area contributed by atoms with E-state index in [9.17, 15) is 0 Å². The van der Waals surface area contributed by atoms with E-state index in [0.29, 0.717) is 0 Å². The quantitative estimate of drug-likeness (QED) is 0.515. The fourth-order valence-corrected chi connectivity index (χ4v) is 3.94. The van der Waals surface area contributed by atoms with Crippen LogP contribution in [0.5, 0.6) is 0 Å². The van der Waals surface area contributed by atoms with Gasteiger partial charge in [-0.2, -0.15) is 0 Å². The predicted octanol–water partition coefficient (Wildman–Crippen LogP) is 2.50. The lowest BCUT2D eigenvalue weighted by molar-refractivity contribution is -0.00416. The van der Waals surface area contributed by atoms with Crippen molar-refractivity contribution in [3.8, 4) is 0 Å². The van der Waals surface area contributed by atoms with E-state index in [1.807, 2.05) is 6.08 Å². The molecule has 0 aliphatic carbocycles. The fourth-order valence-electron chi connectivity index (χ4n) is 1.87. The average molecular weight is 200 g/mol. The van der Waals surface area contributed by atoms with Gasteiger partial charge in [-0.05, 0) is 32.4 Å². The van der Waals surface area contributed by atoms with Crippen LogP contribution in [-0.4, -0.2) is 27.3 Å². The second kappa shape index (κ2) is 3.94. The summed E-state index contributed by atoms with van der Waals surface area (Å²) < 4.78 is 11.5. The molecular formula is C10H20O2Si. The van der Waals surface area contributed by atoms with Gasteiger partial charge in [-0.3, -0.25) is 0 Å². The molecule has 3 heteroatoms. The fraction of sp³-hybridized carbons (Fsp3) is 0.800. The van der Waals surface area contributed by atoms with E-state index in [-0.39, 0.29) is 5.22 Å². The monoisotopic (exact) mass is 200 g/mol. The molecule has 0 saturated carbocycles. The van der Waals surface area contributed by atoms with Gasteiger partial charge >= 0.3 is 0 Å². The highest BCUT2D eigenvalue weighted by molar-refractivity contribution is 6.74. The molecule has 0 radical (unpaired) electrons. The van der Waals surface area contributed by atoms with Gasteiger partial charge in [-0.25, -0.2) is 0 Å². The normalized spacial score (nSPS) is 30.1. The summed E-state index contributed by atoms with van der Waals surface area (Å²) in [4.78, 5) is 0. The molecule has 0 aromatic carbocycles. The molecule has 0 N–H and O–H groups in total. The van der Waals surface area contributed by atoms with E-state index in [4.69, 9.17) is 9.16 Å². The maximum absolute atomic E-state index is 5.89. The number of hydrogen-bond donors (Lipinski definition) is 0. The third kappa shape index (κ3) is 1.87. The molecule has 0 aromatic heterocycles. The van der Waals surface area contributed by atoms with Crippen LogP contribution in [0.4, 0.5) is 0 Å². The van der Waals surface area contributed by atoms with Gasteiger partial charge in [0.15, 0.2) is 0 Å². The van der Waals surface area contributed by atoms with Crippen molar-refractivity contribution < 1.29 is 9.16 Å². The summed E-state index contributed by atoms with van der Waals surface area (Å²) in [6.07, 6.45) is 5.43. The first kappa shape index (κ1) is 11.0. The van der Waals surface area contributed by atoms with E-state index in [1.54, 1.807) is 7.11 Å². The Morgan fingerprint density at radius 2 is 2.15 bits per heavy atom. The van der Waals surface area contributed by atoms with Gasteiger partial charge in [0.2, 0.25) is 8.32 Å². The maximum Gasteiger partial charge on any atom is 0.222 e. The van der Waals surface area contributed by atoms with Crippen molar-refractivity contribution in [3.05, 3.63) is 12.7 Å². The van der Waals surface area contributed by atoms with Gasteiger partial charge < -0.3 is 9.16 Å². The van der Waals surface area contributed by atoms with E-state index >= 15 is 0 Å². The Bertz CT molecular complexity index is 183. The highest BCUT2D eigenvalue weighted by Crippen LogP contribution is 2.35. The standard InChI is InChI=1S/C10H20O2Si/c1-5-10(13(3,4)11-2)8-6-7-9-12-10/h5H,1,6-9H2,2-4H3. The third-order valence-corrected chi connectivity index (χ3v) is 6.82. The van der Waals surface area contributed by atoms with Crippen LogP contribution in [-0.2, 0) is 9.16 Å². The Balaban J connectivity index is 2.84. The van der Waals surface area contributed by atoms with Crippen LogP contribution in [0.25, 0.3) is 0 Å². The molecule has 1 aliphatic heterocycles. The van der Waals surface area contributed by atoms with Crippen molar-refractivity contribution in [3.63, 3.8) is 0 Å². The molecule has 1 fully saturated rings. The topological polar surface area (TPSA) is 18.5 Å². The van der Waals surface area contributed by atoms with Gasteiger partial charge in [0.1, 0.15) is 5.22 Å². The van der Waals surface area contributed by atoms with Gasteiger partial charge in [0.25, 0.3) is 0 Å². The summed E-state index contributed by atoms with van der Waals surface area (Å²) in [5, 5.41) is -0.153. The number of rotatable bonds is 3. The lowest BCUT2D eigenvalue weighted by Gasteiger charge is -2.44. The van der Waals surface area contributed by atoms with Crippen LogP contribution in [0.3, 0.4) is 0 Å². The summed E-state index contributed by atoms with van der Waals surface area (Å²) in [5.74, 6) is 0. The summed E-state index contributed by atoms with van der Waals surface area (Å²) >= 11 is 0. The van der Waals surface area contributed by atoms with Crippen LogP contribution in [0.2, 0.25) is 13.1 Å². The highest BCUT2D eigenvalue weighted by atomic mass is 28.4. The molecular weight excluding hydrogens is 180 g/mol. The molecule has 1 saturated heterocycles. The van der Waals surface area contributed by atoms with E-state index in [2.05, 4.69) is 19.7 Å². The third-order valence-electron chi connectivity index (χ3n) is 3.16. The van der Waals surface area contributed by atoms with Crippen LogP contribution in [0.1, 0.15) is 19.3 Å². The largest absolute Gasteiger partial charge is 0.417 e. The Morgan fingerprint density at radius 3 is 2.54 bits per heavy atom. The molecule has 2 nitrogen and oxygen atoms in total. The molecule has 1 aliphatic rings. The van der Waals surface area contributed by atoms with Crippen molar-refractivity contribution in [1.82, 2.24) is 0 Å². The molecule has 0 spiro atoms. The smallest absolute Gasteiger partial charge is 0.222 e. The minimum absolute atomic E-state index is 0.153. The first-order chi connectivity index (χ1) is 6.08. The van der Waals surface area contributed by atoms with Crippen molar-refractivity contribution in [2.45, 2.75) is 37.6 Å². The van der Waals surface area contributed by atoms with Crippen LogP contribution in [0, 0.1) is 0 Å². The molecule has 13 heavy (non-hydrogen) atoms. The zero-order valence-electron chi connectivity index (χ0n) is 8.93. The summed E-state index contributed by atoms with van der Waals surface area (Å²) in [7, 11) is 0.0202. The van der Waals surface area contributed by atoms with E-state index in [1.165, 1.54) is 12.8 Å². The highest BCUT2D eigenvalue weighted by Gasteiger charge is 2.47. The Kier molecular flexibility index (Phi) is 3.32. The zero-order valence-corrected chi connectivity index (χ0v) is 9.93. The first-order valence-electron chi connectivity index (χ1n) is 4.91. The SMILES string of the molecule is C=CC1([Si](C)(C)OC)CCCCO1. The molecule has 0 bridgehead atoms. The van der Waals surface area contributed by atoms with Crippen molar-refractivity contribution in [1.29, 1.82) is 0 Å². The Labute approximate surface area is 82.1 Å². The number of ether oxygens (including phenoxy) is 1. The van der Waals surface area contributed by atoms with Gasteiger partial charge in [-0.1, -0.05) is 6.08 Å². The van der Waals surface area contributed by atoms with E-state index < -0.39 is 8.32 Å². The van der Waals surface area contributed by atoms with Crippen LogP contribution < -0.4 is 0 Å². The predicted molar refractivity (Wildman–Crippen MR) is 57.2 cm³/mol. The molecule has 1 unspecified atom stereocenters. The molecule has 1 heterocycles. The second-order valence-corrected chi connectivity index (χ2v) is 8.39. The zero-order chi connectivity index (χ0) is 9.95. The van der Waals surface area contributed by atoms with Gasteiger partial charge in [-0.15, -0.1) is 6.58 Å². The molecule has 0 aromatic rings. The average Bonchev–Trinajstić information content (AvgIpc) is 2.18. The second-order valence-electron chi connectivity index (χ2n) is 4.11. The minimum atomic E-state index is -1.77. The molecule has 76 valence electrons. The van der Waals surface area contributed by atoms with Crippen molar-refractivity contribution in [2.75, 3.05) is 13.7 Å². The summed E-state index contributed by atoms with van der Waals surface area (Å²) in [6.45, 7) is 9.14. The lowest BCUT2D eigenvalue weighted by atomic mass is 10.1. The van der Waals surface area contributed by atoms with Crippen molar-refractivity contribution in [2.24, 2.45) is 0 Å². The van der Waals surface area contributed by atoms with Crippen LogP contribution >= 0.6 is 0 Å². The summed E-state index contributed by atoms with van der Waals surface area (Å²) in [5.41, 5.74) is 0. The molecule has 1 rings (SSSR count). The van der Waals surface area contributed by atoms with Crippen LogP contribution in [0.15, 0.2) is 12.7 Å². The summed E-state index contributed by atoms with van der Waals surface area (Å²) in [6, 6.07) is 0. The van der Waals surface area contributed by atoms with Gasteiger partial charge in [0, 0.05) is 13.7 Å². The number of hydrogen-bond acceptors (Lipinski definition) is 2. The molecule has 0 amide bonds.